The highest BCUT2D eigenvalue weighted by Gasteiger charge is 2.12. The molecule has 3 aromatic rings. The minimum Gasteiger partial charge on any atom is -0.477 e. The first-order valence-corrected chi connectivity index (χ1v) is 6.92. The fourth-order valence-electron chi connectivity index (χ4n) is 1.98. The molecule has 19 heavy (non-hydrogen) atoms. The fourth-order valence-corrected chi connectivity index (χ4v) is 2.99. The number of fused-ring (bicyclic) bond motifs is 1. The highest BCUT2D eigenvalue weighted by Crippen LogP contribution is 2.26. The third-order valence-corrected chi connectivity index (χ3v) is 3.77. The summed E-state index contributed by atoms with van der Waals surface area (Å²) in [5.41, 5.74) is 2.97. The quantitative estimate of drug-likeness (QED) is 0.737. The zero-order valence-corrected chi connectivity index (χ0v) is 11.9. The molecule has 0 spiro atoms. The molecule has 0 saturated carbocycles. The lowest BCUT2D eigenvalue weighted by Crippen LogP contribution is -1.97. The van der Waals surface area contributed by atoms with E-state index in [0.717, 1.165) is 21.3 Å². The summed E-state index contributed by atoms with van der Waals surface area (Å²) < 4.78 is 7.47. The molecule has 0 unspecified atom stereocenters. The van der Waals surface area contributed by atoms with E-state index in [9.17, 15) is 0 Å². The second-order valence-corrected chi connectivity index (χ2v) is 5.17. The fraction of sp³-hybridized carbons (Fsp3) is 0.308. The van der Waals surface area contributed by atoms with Crippen LogP contribution >= 0.6 is 11.3 Å². The van der Waals surface area contributed by atoms with Crippen LogP contribution in [-0.2, 0) is 0 Å². The minimum atomic E-state index is 0.547. The summed E-state index contributed by atoms with van der Waals surface area (Å²) in [4.78, 5) is 14.0. The Balaban J connectivity index is 2.11. The van der Waals surface area contributed by atoms with Gasteiger partial charge in [-0.25, -0.2) is 4.98 Å². The van der Waals surface area contributed by atoms with Crippen molar-refractivity contribution in [2.24, 2.45) is 0 Å². The summed E-state index contributed by atoms with van der Waals surface area (Å²) in [5.74, 6) is 0.547. The average molecular weight is 274 g/mol. The van der Waals surface area contributed by atoms with Gasteiger partial charge in [0.2, 0.25) is 5.88 Å². The Morgan fingerprint density at radius 1 is 1.21 bits per heavy atom. The molecule has 3 rings (SSSR count). The highest BCUT2D eigenvalue weighted by molar-refractivity contribution is 7.20. The van der Waals surface area contributed by atoms with Gasteiger partial charge < -0.3 is 4.74 Å². The molecule has 0 saturated heterocycles. The van der Waals surface area contributed by atoms with Gasteiger partial charge in [-0.05, 0) is 32.9 Å². The van der Waals surface area contributed by atoms with Crippen molar-refractivity contribution in [2.75, 3.05) is 6.61 Å². The normalized spacial score (nSPS) is 11.1. The van der Waals surface area contributed by atoms with Crippen LogP contribution in [-0.4, -0.2) is 26.1 Å². The predicted octanol–water partition coefficient (Wildman–Crippen LogP) is 2.89. The largest absolute Gasteiger partial charge is 0.477 e. The van der Waals surface area contributed by atoms with Crippen LogP contribution in [0.25, 0.3) is 15.6 Å². The molecule has 0 fully saturated rings. The molecule has 0 amide bonds. The van der Waals surface area contributed by atoms with Gasteiger partial charge in [-0.3, -0.25) is 4.57 Å². The molecule has 0 aliphatic rings. The van der Waals surface area contributed by atoms with Crippen molar-refractivity contribution in [3.8, 4) is 11.0 Å². The summed E-state index contributed by atoms with van der Waals surface area (Å²) in [5, 5.41) is 0.892. The van der Waals surface area contributed by atoms with E-state index in [1.165, 1.54) is 11.3 Å². The van der Waals surface area contributed by atoms with E-state index in [4.69, 9.17) is 4.74 Å². The lowest BCUT2D eigenvalue weighted by molar-refractivity contribution is 0.327. The zero-order valence-electron chi connectivity index (χ0n) is 11.0. The Morgan fingerprint density at radius 3 is 2.63 bits per heavy atom. The van der Waals surface area contributed by atoms with Crippen LogP contribution in [0.5, 0.6) is 5.88 Å². The Morgan fingerprint density at radius 2 is 1.95 bits per heavy atom. The maximum atomic E-state index is 5.36. The number of ether oxygens (including phenoxy) is 1. The van der Waals surface area contributed by atoms with Crippen molar-refractivity contribution in [3.63, 3.8) is 0 Å². The van der Waals surface area contributed by atoms with E-state index < -0.39 is 0 Å². The standard InChI is InChI=1S/C13H14N4OS/c1-4-18-10-7-14-11-12(15-10)19-13(16-11)17-8(2)5-6-9(17)3/h5-7H,4H2,1-3H3. The molecule has 98 valence electrons. The minimum absolute atomic E-state index is 0.547. The van der Waals surface area contributed by atoms with Gasteiger partial charge in [0, 0.05) is 11.4 Å². The molecule has 0 radical (unpaired) electrons. The first-order chi connectivity index (χ1) is 9.19. The third kappa shape index (κ3) is 2.08. The average Bonchev–Trinajstić information content (AvgIpc) is 2.92. The molecule has 0 atom stereocenters. The van der Waals surface area contributed by atoms with E-state index in [0.29, 0.717) is 18.1 Å². The number of rotatable bonds is 3. The van der Waals surface area contributed by atoms with Gasteiger partial charge in [0.05, 0.1) is 12.8 Å². The van der Waals surface area contributed by atoms with Crippen molar-refractivity contribution in [3.05, 3.63) is 29.7 Å². The number of nitrogens with zero attached hydrogens (tertiary/aromatic N) is 4. The summed E-state index contributed by atoms with van der Waals surface area (Å²) in [7, 11) is 0. The van der Waals surface area contributed by atoms with Crippen LogP contribution in [0.3, 0.4) is 0 Å². The first-order valence-electron chi connectivity index (χ1n) is 6.10. The Bertz CT molecular complexity index is 712. The van der Waals surface area contributed by atoms with Crippen molar-refractivity contribution in [1.29, 1.82) is 0 Å². The van der Waals surface area contributed by atoms with Gasteiger partial charge >= 0.3 is 0 Å². The zero-order chi connectivity index (χ0) is 13.4. The monoisotopic (exact) mass is 274 g/mol. The first kappa shape index (κ1) is 12.1. The van der Waals surface area contributed by atoms with E-state index in [-0.39, 0.29) is 0 Å². The second kappa shape index (κ2) is 4.62. The molecule has 6 heteroatoms. The lowest BCUT2D eigenvalue weighted by Gasteiger charge is -2.02. The maximum absolute atomic E-state index is 5.36. The topological polar surface area (TPSA) is 52.8 Å². The van der Waals surface area contributed by atoms with Crippen LogP contribution in [0.15, 0.2) is 18.3 Å². The van der Waals surface area contributed by atoms with Crippen LogP contribution in [0.4, 0.5) is 0 Å². The third-order valence-electron chi connectivity index (χ3n) is 2.84. The molecule has 3 heterocycles. The summed E-state index contributed by atoms with van der Waals surface area (Å²) in [6.45, 7) is 6.63. The summed E-state index contributed by atoms with van der Waals surface area (Å²) in [6, 6.07) is 4.15. The summed E-state index contributed by atoms with van der Waals surface area (Å²) >= 11 is 1.52. The van der Waals surface area contributed by atoms with E-state index in [1.807, 2.05) is 6.92 Å². The van der Waals surface area contributed by atoms with Gasteiger partial charge in [-0.15, -0.1) is 0 Å². The van der Waals surface area contributed by atoms with E-state index in [1.54, 1.807) is 6.20 Å². The smallest absolute Gasteiger partial charge is 0.233 e. The lowest BCUT2D eigenvalue weighted by atomic mass is 10.5. The van der Waals surface area contributed by atoms with Crippen LogP contribution in [0.1, 0.15) is 18.3 Å². The number of hydrogen-bond acceptors (Lipinski definition) is 5. The van der Waals surface area contributed by atoms with Gasteiger partial charge in [-0.1, -0.05) is 11.3 Å². The van der Waals surface area contributed by atoms with Crippen LogP contribution in [0.2, 0.25) is 0 Å². The molecule has 0 aliphatic carbocycles. The van der Waals surface area contributed by atoms with Gasteiger partial charge in [0.15, 0.2) is 15.6 Å². The van der Waals surface area contributed by atoms with Crippen LogP contribution in [0, 0.1) is 13.8 Å². The Labute approximate surface area is 114 Å². The van der Waals surface area contributed by atoms with Gasteiger partial charge in [-0.2, -0.15) is 9.97 Å². The Kier molecular flexibility index (Phi) is 2.94. The molecule has 5 nitrogen and oxygen atoms in total. The second-order valence-electron chi connectivity index (χ2n) is 4.22. The molecule has 0 aliphatic heterocycles. The van der Waals surface area contributed by atoms with Crippen molar-refractivity contribution in [2.45, 2.75) is 20.8 Å². The van der Waals surface area contributed by atoms with Crippen molar-refractivity contribution >= 4 is 21.8 Å². The molecule has 0 N–H and O–H groups in total. The van der Waals surface area contributed by atoms with E-state index >= 15 is 0 Å². The predicted molar refractivity (Wildman–Crippen MR) is 75.2 cm³/mol. The summed E-state index contributed by atoms with van der Waals surface area (Å²) in [6.07, 6.45) is 1.62. The maximum Gasteiger partial charge on any atom is 0.233 e. The number of aromatic nitrogens is 4. The molecule has 3 aromatic heterocycles. The number of thiazole rings is 1. The van der Waals surface area contributed by atoms with Gasteiger partial charge in [0.1, 0.15) is 0 Å². The molecular formula is C13H14N4OS. The highest BCUT2D eigenvalue weighted by atomic mass is 32.1. The molecule has 0 bridgehead atoms. The number of aryl methyl sites for hydroxylation is 2. The van der Waals surface area contributed by atoms with Crippen LogP contribution < -0.4 is 4.74 Å². The number of hydrogen-bond donors (Lipinski definition) is 0. The SMILES string of the molecule is CCOc1cnc2nc(-n3c(C)ccc3C)sc2n1. The van der Waals surface area contributed by atoms with E-state index in [2.05, 4.69) is 45.5 Å². The van der Waals surface area contributed by atoms with Crippen molar-refractivity contribution < 1.29 is 4.74 Å². The Hall–Kier alpha value is -1.95. The molecular weight excluding hydrogens is 260 g/mol. The van der Waals surface area contributed by atoms with Gasteiger partial charge in [0.25, 0.3) is 0 Å². The molecule has 0 aromatic carbocycles. The van der Waals surface area contributed by atoms with Crippen molar-refractivity contribution in [1.82, 2.24) is 19.5 Å².